The van der Waals surface area contributed by atoms with Gasteiger partial charge in [0.15, 0.2) is 0 Å². The molecule has 0 spiro atoms. The largest absolute Gasteiger partial charge is 0.492 e. The molecule has 1 N–H and O–H groups in total. The molecule has 0 unspecified atom stereocenters. The van der Waals surface area contributed by atoms with Crippen LogP contribution >= 0.6 is 23.4 Å². The zero-order chi connectivity index (χ0) is 21.7. The van der Waals surface area contributed by atoms with Gasteiger partial charge in [0, 0.05) is 23.9 Å². The number of hydrogen-bond acceptors (Lipinski definition) is 5. The highest BCUT2D eigenvalue weighted by atomic mass is 35.5. The Labute approximate surface area is 187 Å². The van der Waals surface area contributed by atoms with Crippen molar-refractivity contribution >= 4 is 45.0 Å². The topological polar surface area (TPSA) is 75.7 Å². The molecule has 0 aromatic heterocycles. The molecule has 1 fully saturated rings. The number of nitrogens with one attached hydrogen (secondary N) is 1. The van der Waals surface area contributed by atoms with Crippen LogP contribution in [-0.2, 0) is 14.8 Å². The molecule has 1 aliphatic rings. The number of benzene rings is 2. The Kier molecular flexibility index (Phi) is 7.68. The predicted molar refractivity (Wildman–Crippen MR) is 121 cm³/mol. The Morgan fingerprint density at radius 3 is 2.57 bits per heavy atom. The maximum Gasteiger partial charge on any atom is 0.243 e. The fourth-order valence-corrected chi connectivity index (χ4v) is 5.75. The zero-order valence-electron chi connectivity index (χ0n) is 16.9. The smallest absolute Gasteiger partial charge is 0.243 e. The van der Waals surface area contributed by atoms with Crippen LogP contribution in [0.3, 0.4) is 0 Å². The highest BCUT2D eigenvalue weighted by Crippen LogP contribution is 2.31. The van der Waals surface area contributed by atoms with Crippen LogP contribution in [0.2, 0.25) is 5.02 Å². The summed E-state index contributed by atoms with van der Waals surface area (Å²) in [5, 5.41) is 3.25. The van der Waals surface area contributed by atoms with Gasteiger partial charge in [-0.1, -0.05) is 23.7 Å². The second-order valence-corrected chi connectivity index (χ2v) is 10.1. The van der Waals surface area contributed by atoms with E-state index in [2.05, 4.69) is 5.32 Å². The summed E-state index contributed by atoms with van der Waals surface area (Å²) in [5.74, 6) is 0.159. The maximum atomic E-state index is 13.0. The van der Waals surface area contributed by atoms with Crippen molar-refractivity contribution in [3.8, 4) is 5.75 Å². The summed E-state index contributed by atoms with van der Waals surface area (Å²) in [6, 6.07) is 12.1. The molecule has 9 heteroatoms. The van der Waals surface area contributed by atoms with Gasteiger partial charge in [-0.05, 0) is 56.4 Å². The first kappa shape index (κ1) is 22.9. The normalized spacial score (nSPS) is 15.7. The van der Waals surface area contributed by atoms with Crippen molar-refractivity contribution in [3.05, 3.63) is 47.5 Å². The lowest BCUT2D eigenvalue weighted by Crippen LogP contribution is -2.41. The first-order chi connectivity index (χ1) is 14.4. The Hall–Kier alpha value is -1.74. The Morgan fingerprint density at radius 1 is 1.23 bits per heavy atom. The van der Waals surface area contributed by atoms with Gasteiger partial charge in [-0.15, -0.1) is 11.8 Å². The molecular formula is C21H25ClN2O4S2. The molecule has 0 saturated carbocycles. The molecule has 1 aliphatic heterocycles. The van der Waals surface area contributed by atoms with Gasteiger partial charge in [-0.3, -0.25) is 4.79 Å². The van der Waals surface area contributed by atoms with Gasteiger partial charge in [0.05, 0.1) is 22.2 Å². The van der Waals surface area contributed by atoms with Crippen LogP contribution in [0, 0.1) is 5.92 Å². The molecule has 1 heterocycles. The second kappa shape index (κ2) is 10.0. The van der Waals surface area contributed by atoms with Crippen molar-refractivity contribution in [3.63, 3.8) is 0 Å². The molecule has 1 saturated heterocycles. The summed E-state index contributed by atoms with van der Waals surface area (Å²) in [6.45, 7) is 2.86. The van der Waals surface area contributed by atoms with Crippen LogP contribution in [0.5, 0.6) is 5.75 Å². The van der Waals surface area contributed by atoms with E-state index in [9.17, 15) is 13.2 Å². The Balaban J connectivity index is 1.64. The highest BCUT2D eigenvalue weighted by molar-refractivity contribution is 7.98. The summed E-state index contributed by atoms with van der Waals surface area (Å²) < 4.78 is 32.8. The monoisotopic (exact) mass is 468 g/mol. The van der Waals surface area contributed by atoms with E-state index in [1.807, 2.05) is 37.4 Å². The van der Waals surface area contributed by atoms with E-state index < -0.39 is 10.0 Å². The lowest BCUT2D eigenvalue weighted by molar-refractivity contribution is -0.120. The van der Waals surface area contributed by atoms with E-state index in [4.69, 9.17) is 16.3 Å². The van der Waals surface area contributed by atoms with E-state index in [0.29, 0.717) is 25.2 Å². The number of nitrogens with zero attached hydrogens (tertiary/aromatic N) is 1. The third kappa shape index (κ3) is 5.11. The van der Waals surface area contributed by atoms with Crippen molar-refractivity contribution in [1.82, 2.24) is 4.31 Å². The molecule has 0 radical (unpaired) electrons. The fourth-order valence-electron chi connectivity index (χ4n) is 3.40. The SMILES string of the molecule is CCOc1ccc(S(=O)(=O)N2CCC(C(=O)Nc3ccccc3SC)CC2)cc1Cl. The highest BCUT2D eigenvalue weighted by Gasteiger charge is 2.32. The molecule has 30 heavy (non-hydrogen) atoms. The summed E-state index contributed by atoms with van der Waals surface area (Å²) in [7, 11) is -3.68. The number of rotatable bonds is 7. The van der Waals surface area contributed by atoms with Crippen molar-refractivity contribution in [1.29, 1.82) is 0 Å². The zero-order valence-corrected chi connectivity index (χ0v) is 19.3. The number of anilines is 1. The van der Waals surface area contributed by atoms with Gasteiger partial charge in [-0.2, -0.15) is 4.31 Å². The third-order valence-electron chi connectivity index (χ3n) is 5.03. The second-order valence-electron chi connectivity index (χ2n) is 6.89. The maximum absolute atomic E-state index is 13.0. The van der Waals surface area contributed by atoms with E-state index in [0.717, 1.165) is 10.6 Å². The lowest BCUT2D eigenvalue weighted by Gasteiger charge is -2.30. The van der Waals surface area contributed by atoms with Crippen LogP contribution in [0.4, 0.5) is 5.69 Å². The minimum Gasteiger partial charge on any atom is -0.492 e. The molecular weight excluding hydrogens is 444 g/mol. The van der Waals surface area contributed by atoms with Crippen LogP contribution < -0.4 is 10.1 Å². The number of ether oxygens (including phenoxy) is 1. The summed E-state index contributed by atoms with van der Waals surface area (Å²) in [5.41, 5.74) is 0.786. The van der Waals surface area contributed by atoms with Crippen LogP contribution in [0.25, 0.3) is 0 Å². The number of amides is 1. The minimum absolute atomic E-state index is 0.0716. The molecule has 0 bridgehead atoms. The quantitative estimate of drug-likeness (QED) is 0.605. The van der Waals surface area contributed by atoms with Crippen molar-refractivity contribution in [2.45, 2.75) is 29.6 Å². The Morgan fingerprint density at radius 2 is 1.93 bits per heavy atom. The molecule has 2 aromatic carbocycles. The number of thioether (sulfide) groups is 1. The number of hydrogen-bond donors (Lipinski definition) is 1. The van der Waals surface area contributed by atoms with Crippen molar-refractivity contribution in [2.75, 3.05) is 31.3 Å². The molecule has 0 atom stereocenters. The molecule has 3 rings (SSSR count). The first-order valence-corrected chi connectivity index (χ1v) is 12.8. The van der Waals surface area contributed by atoms with Gasteiger partial charge >= 0.3 is 0 Å². The number of halogens is 1. The van der Waals surface area contributed by atoms with Crippen molar-refractivity contribution < 1.29 is 17.9 Å². The molecule has 0 aliphatic carbocycles. The molecule has 2 aromatic rings. The van der Waals surface area contributed by atoms with Crippen LogP contribution in [0.1, 0.15) is 19.8 Å². The van der Waals surface area contributed by atoms with Gasteiger partial charge < -0.3 is 10.1 Å². The summed E-state index contributed by atoms with van der Waals surface area (Å²) in [6.07, 6.45) is 2.90. The first-order valence-electron chi connectivity index (χ1n) is 9.73. The number of carbonyl (C=O) groups excluding carboxylic acids is 1. The van der Waals surface area contributed by atoms with Crippen molar-refractivity contribution in [2.24, 2.45) is 5.92 Å². The van der Waals surface area contributed by atoms with Gasteiger partial charge in [0.25, 0.3) is 0 Å². The predicted octanol–water partition coefficient (Wildman–Crippen LogP) is 4.50. The molecule has 1 amide bonds. The third-order valence-corrected chi connectivity index (χ3v) is 8.02. The number of carbonyl (C=O) groups is 1. The van der Waals surface area contributed by atoms with Gasteiger partial charge in [-0.25, -0.2) is 8.42 Å². The molecule has 162 valence electrons. The van der Waals surface area contributed by atoms with Crippen LogP contribution in [-0.4, -0.2) is 44.6 Å². The van der Waals surface area contributed by atoms with Gasteiger partial charge in [0.2, 0.25) is 15.9 Å². The van der Waals surface area contributed by atoms with E-state index in [1.165, 1.54) is 16.4 Å². The van der Waals surface area contributed by atoms with E-state index >= 15 is 0 Å². The average Bonchev–Trinajstić information content (AvgIpc) is 2.75. The fraction of sp³-hybridized carbons (Fsp3) is 0.381. The average molecular weight is 469 g/mol. The number of para-hydroxylation sites is 1. The summed E-state index contributed by atoms with van der Waals surface area (Å²) >= 11 is 7.73. The minimum atomic E-state index is -3.68. The number of sulfonamides is 1. The van der Waals surface area contributed by atoms with Gasteiger partial charge in [0.1, 0.15) is 5.75 Å². The van der Waals surface area contributed by atoms with E-state index in [1.54, 1.807) is 17.8 Å². The molecule has 6 nitrogen and oxygen atoms in total. The summed E-state index contributed by atoms with van der Waals surface area (Å²) in [4.78, 5) is 13.8. The number of piperidine rings is 1. The Bertz CT molecular complexity index is 1010. The lowest BCUT2D eigenvalue weighted by atomic mass is 9.97. The van der Waals surface area contributed by atoms with E-state index in [-0.39, 0.29) is 34.8 Å². The van der Waals surface area contributed by atoms with Crippen LogP contribution in [0.15, 0.2) is 52.3 Å². The standard InChI is InChI=1S/C21H25ClN2O4S2/c1-3-28-19-9-8-16(14-17(19)22)30(26,27)24-12-10-15(11-13-24)21(25)23-18-6-4-5-7-20(18)29-2/h4-9,14-15H,3,10-13H2,1-2H3,(H,23,25).